The Morgan fingerprint density at radius 1 is 1.10 bits per heavy atom. The van der Waals surface area contributed by atoms with E-state index in [4.69, 9.17) is 10.5 Å². The molecule has 3 N–H and O–H groups in total. The topological polar surface area (TPSA) is 64.3 Å². The molecule has 4 heteroatoms. The third kappa shape index (κ3) is 3.83. The van der Waals surface area contributed by atoms with Crippen LogP contribution in [0.4, 0.5) is 5.69 Å². The minimum atomic E-state index is -0.124. The minimum absolute atomic E-state index is 0.124. The van der Waals surface area contributed by atoms with Gasteiger partial charge in [0.1, 0.15) is 12.4 Å². The highest BCUT2D eigenvalue weighted by atomic mass is 16.5. The van der Waals surface area contributed by atoms with Crippen molar-refractivity contribution in [1.82, 2.24) is 0 Å². The summed E-state index contributed by atoms with van der Waals surface area (Å²) < 4.78 is 5.38. The second-order valence-corrected chi connectivity index (χ2v) is 4.48. The molecule has 0 bridgehead atoms. The lowest BCUT2D eigenvalue weighted by molar-refractivity contribution is 0.102. The maximum absolute atomic E-state index is 12.0. The summed E-state index contributed by atoms with van der Waals surface area (Å²) >= 11 is 0. The summed E-state index contributed by atoms with van der Waals surface area (Å²) in [5.41, 5.74) is 7.86. The van der Waals surface area contributed by atoms with Gasteiger partial charge < -0.3 is 15.8 Å². The van der Waals surface area contributed by atoms with Crippen LogP contribution in [0.2, 0.25) is 0 Å². The van der Waals surface area contributed by atoms with Crippen molar-refractivity contribution in [3.05, 3.63) is 59.7 Å². The Kier molecular flexibility index (Phi) is 4.74. The zero-order chi connectivity index (χ0) is 14.4. The largest absolute Gasteiger partial charge is 0.492 e. The molecule has 0 aliphatic rings. The molecule has 4 nitrogen and oxygen atoms in total. The number of carbonyl (C=O) groups excluding carboxylic acids is 1. The van der Waals surface area contributed by atoms with E-state index in [1.165, 1.54) is 0 Å². The Balaban J connectivity index is 1.99. The summed E-state index contributed by atoms with van der Waals surface area (Å²) in [5.74, 6) is 0.615. The van der Waals surface area contributed by atoms with E-state index in [1.807, 2.05) is 31.2 Å². The van der Waals surface area contributed by atoms with Crippen molar-refractivity contribution < 1.29 is 9.53 Å². The predicted molar refractivity (Wildman–Crippen MR) is 80.1 cm³/mol. The first-order valence-electron chi connectivity index (χ1n) is 6.50. The van der Waals surface area contributed by atoms with Gasteiger partial charge in [0, 0.05) is 17.8 Å². The van der Waals surface area contributed by atoms with Crippen molar-refractivity contribution in [2.75, 3.05) is 18.5 Å². The molecule has 2 rings (SSSR count). The number of rotatable bonds is 5. The van der Waals surface area contributed by atoms with Crippen LogP contribution in [0.15, 0.2) is 48.5 Å². The normalized spacial score (nSPS) is 10.1. The van der Waals surface area contributed by atoms with Gasteiger partial charge >= 0.3 is 0 Å². The molecular formula is C16H18N2O2. The Bertz CT molecular complexity index is 562. The second-order valence-electron chi connectivity index (χ2n) is 4.48. The third-order valence-corrected chi connectivity index (χ3v) is 2.81. The van der Waals surface area contributed by atoms with Crippen LogP contribution < -0.4 is 15.8 Å². The number of benzene rings is 2. The zero-order valence-electron chi connectivity index (χ0n) is 11.4. The highest BCUT2D eigenvalue weighted by molar-refractivity contribution is 6.04. The summed E-state index contributed by atoms with van der Waals surface area (Å²) in [7, 11) is 0. The minimum Gasteiger partial charge on any atom is -0.492 e. The van der Waals surface area contributed by atoms with Crippen LogP contribution in [0.3, 0.4) is 0 Å². The first-order chi connectivity index (χ1) is 9.69. The van der Waals surface area contributed by atoms with E-state index >= 15 is 0 Å². The quantitative estimate of drug-likeness (QED) is 0.877. The van der Waals surface area contributed by atoms with Crippen molar-refractivity contribution in [2.45, 2.75) is 6.92 Å². The van der Waals surface area contributed by atoms with Crippen LogP contribution in [-0.2, 0) is 0 Å². The first-order valence-corrected chi connectivity index (χ1v) is 6.50. The molecular weight excluding hydrogens is 252 g/mol. The number of nitrogens with two attached hydrogens (primary N) is 1. The lowest BCUT2D eigenvalue weighted by atomic mass is 10.1. The molecule has 0 aliphatic heterocycles. The van der Waals surface area contributed by atoms with Gasteiger partial charge in [0.2, 0.25) is 0 Å². The molecule has 2 aromatic carbocycles. The molecule has 0 aliphatic carbocycles. The van der Waals surface area contributed by atoms with E-state index in [0.29, 0.717) is 18.7 Å². The fraction of sp³-hybridized carbons (Fsp3) is 0.188. The van der Waals surface area contributed by atoms with Crippen LogP contribution in [-0.4, -0.2) is 19.1 Å². The number of carbonyl (C=O) groups is 1. The van der Waals surface area contributed by atoms with Gasteiger partial charge in [0.15, 0.2) is 0 Å². The maximum Gasteiger partial charge on any atom is 0.255 e. The van der Waals surface area contributed by atoms with Crippen molar-refractivity contribution in [3.8, 4) is 5.75 Å². The summed E-state index contributed by atoms with van der Waals surface area (Å²) in [6.07, 6.45) is 0. The van der Waals surface area contributed by atoms with Crippen molar-refractivity contribution in [2.24, 2.45) is 5.73 Å². The highest BCUT2D eigenvalue weighted by Gasteiger charge is 2.05. The summed E-state index contributed by atoms with van der Waals surface area (Å²) in [6, 6.07) is 14.7. The van der Waals surface area contributed by atoms with Crippen LogP contribution in [0.25, 0.3) is 0 Å². The molecule has 104 valence electrons. The number of hydrogen-bond acceptors (Lipinski definition) is 3. The van der Waals surface area contributed by atoms with Crippen LogP contribution >= 0.6 is 0 Å². The maximum atomic E-state index is 12.0. The van der Waals surface area contributed by atoms with E-state index in [-0.39, 0.29) is 5.91 Å². The van der Waals surface area contributed by atoms with Gasteiger partial charge in [-0.2, -0.15) is 0 Å². The highest BCUT2D eigenvalue weighted by Crippen LogP contribution is 2.16. The summed E-state index contributed by atoms with van der Waals surface area (Å²) in [4.78, 5) is 12.0. The van der Waals surface area contributed by atoms with E-state index < -0.39 is 0 Å². The molecule has 0 radical (unpaired) electrons. The standard InChI is InChI=1S/C16H18N2O2/c1-12-2-4-13(5-3-12)16(19)18-14-6-8-15(9-7-14)20-11-10-17/h2-9H,10-11,17H2,1H3,(H,18,19). The average molecular weight is 270 g/mol. The number of hydrogen-bond donors (Lipinski definition) is 2. The lowest BCUT2D eigenvalue weighted by Gasteiger charge is -2.08. The van der Waals surface area contributed by atoms with Crippen LogP contribution in [0.1, 0.15) is 15.9 Å². The van der Waals surface area contributed by atoms with Crippen molar-refractivity contribution in [1.29, 1.82) is 0 Å². The van der Waals surface area contributed by atoms with Crippen LogP contribution in [0, 0.1) is 6.92 Å². The SMILES string of the molecule is Cc1ccc(C(=O)Nc2ccc(OCCN)cc2)cc1. The third-order valence-electron chi connectivity index (χ3n) is 2.81. The molecule has 0 spiro atoms. The number of amides is 1. The van der Waals surface area contributed by atoms with Gasteiger partial charge in [-0.05, 0) is 43.3 Å². The van der Waals surface area contributed by atoms with E-state index in [2.05, 4.69) is 5.32 Å². The fourth-order valence-corrected chi connectivity index (χ4v) is 1.72. The fourth-order valence-electron chi connectivity index (χ4n) is 1.72. The molecule has 0 heterocycles. The number of nitrogens with one attached hydrogen (secondary N) is 1. The smallest absolute Gasteiger partial charge is 0.255 e. The molecule has 0 atom stereocenters. The summed E-state index contributed by atoms with van der Waals surface area (Å²) in [5, 5.41) is 2.84. The number of aryl methyl sites for hydroxylation is 1. The lowest BCUT2D eigenvalue weighted by Crippen LogP contribution is -2.12. The second kappa shape index (κ2) is 6.73. The average Bonchev–Trinajstić information content (AvgIpc) is 2.47. The molecule has 0 unspecified atom stereocenters. The zero-order valence-corrected chi connectivity index (χ0v) is 11.4. The molecule has 20 heavy (non-hydrogen) atoms. The molecule has 0 saturated heterocycles. The van der Waals surface area contributed by atoms with E-state index in [1.54, 1.807) is 24.3 Å². The molecule has 1 amide bonds. The monoisotopic (exact) mass is 270 g/mol. The van der Waals surface area contributed by atoms with Gasteiger partial charge in [-0.3, -0.25) is 4.79 Å². The van der Waals surface area contributed by atoms with Gasteiger partial charge in [-0.1, -0.05) is 17.7 Å². The predicted octanol–water partition coefficient (Wildman–Crippen LogP) is 2.58. The van der Waals surface area contributed by atoms with Crippen molar-refractivity contribution >= 4 is 11.6 Å². The first kappa shape index (κ1) is 14.1. The van der Waals surface area contributed by atoms with Gasteiger partial charge in [0.25, 0.3) is 5.91 Å². The Hall–Kier alpha value is -2.33. The number of ether oxygens (including phenoxy) is 1. The Labute approximate surface area is 118 Å². The molecule has 0 aromatic heterocycles. The van der Waals surface area contributed by atoms with E-state index in [9.17, 15) is 4.79 Å². The number of anilines is 1. The summed E-state index contributed by atoms with van der Waals surface area (Å²) in [6.45, 7) is 2.95. The van der Waals surface area contributed by atoms with Crippen molar-refractivity contribution in [3.63, 3.8) is 0 Å². The molecule has 2 aromatic rings. The molecule has 0 saturated carbocycles. The van der Waals surface area contributed by atoms with Gasteiger partial charge in [0.05, 0.1) is 0 Å². The Morgan fingerprint density at radius 2 is 1.75 bits per heavy atom. The Morgan fingerprint density at radius 3 is 2.35 bits per heavy atom. The van der Waals surface area contributed by atoms with E-state index in [0.717, 1.165) is 17.0 Å². The molecule has 0 fully saturated rings. The van der Waals surface area contributed by atoms with Crippen LogP contribution in [0.5, 0.6) is 5.75 Å². The van der Waals surface area contributed by atoms with Gasteiger partial charge in [-0.15, -0.1) is 0 Å². The van der Waals surface area contributed by atoms with Gasteiger partial charge in [-0.25, -0.2) is 0 Å².